The second-order valence-electron chi connectivity index (χ2n) is 3.61. The third-order valence-corrected chi connectivity index (χ3v) is 3.96. The Hall–Kier alpha value is -0.750. The number of methoxy groups -OCH3 is 1. The molecule has 0 aliphatic heterocycles. The average molecular weight is 328 g/mol. The maximum atomic E-state index is 5.48. The van der Waals surface area contributed by atoms with Gasteiger partial charge in [-0.1, -0.05) is 24.3 Å². The summed E-state index contributed by atoms with van der Waals surface area (Å²) in [6.07, 6.45) is 1.51. The molecule has 0 saturated carbocycles. The Morgan fingerprint density at radius 3 is 2.56 bits per heavy atom. The maximum Gasteiger partial charge on any atom is 0.183 e. The highest BCUT2D eigenvalue weighted by molar-refractivity contribution is 9.11. The van der Waals surface area contributed by atoms with Crippen molar-refractivity contribution in [1.82, 2.24) is 4.98 Å². The summed E-state index contributed by atoms with van der Waals surface area (Å²) in [5.41, 5.74) is 2.11. The number of ether oxygens (including phenoxy) is 2. The van der Waals surface area contributed by atoms with Crippen molar-refractivity contribution in [2.45, 2.75) is 13.2 Å². The van der Waals surface area contributed by atoms with E-state index in [1.54, 1.807) is 18.4 Å². The van der Waals surface area contributed by atoms with Gasteiger partial charge < -0.3 is 9.47 Å². The minimum absolute atomic E-state index is 0.299. The van der Waals surface area contributed by atoms with Gasteiger partial charge in [-0.2, -0.15) is 0 Å². The molecule has 0 aliphatic carbocycles. The predicted molar refractivity (Wildman–Crippen MR) is 76.6 cm³/mol. The van der Waals surface area contributed by atoms with Gasteiger partial charge in [-0.25, -0.2) is 4.98 Å². The van der Waals surface area contributed by atoms with E-state index in [1.165, 1.54) is 0 Å². The fourth-order valence-corrected chi connectivity index (χ4v) is 2.83. The second-order valence-corrected chi connectivity index (χ2v) is 6.02. The molecule has 0 spiro atoms. The van der Waals surface area contributed by atoms with Crippen LogP contribution in [0.4, 0.5) is 0 Å². The van der Waals surface area contributed by atoms with E-state index in [2.05, 4.69) is 20.9 Å². The predicted octanol–water partition coefficient (Wildman–Crippen LogP) is 4.25. The van der Waals surface area contributed by atoms with Crippen LogP contribution in [0.25, 0.3) is 10.6 Å². The first-order valence-corrected chi connectivity index (χ1v) is 7.21. The van der Waals surface area contributed by atoms with Crippen LogP contribution in [0.1, 0.15) is 18.8 Å². The first-order chi connectivity index (χ1) is 8.74. The minimum Gasteiger partial charge on any atom is -0.352 e. The number of thiazole rings is 1. The molecule has 1 atom stereocenters. The number of rotatable bonds is 5. The van der Waals surface area contributed by atoms with Crippen LogP contribution in [-0.4, -0.2) is 18.7 Å². The Kier molecular flexibility index (Phi) is 4.88. The molecule has 0 bridgehead atoms. The summed E-state index contributed by atoms with van der Waals surface area (Å²) in [7, 11) is 1.65. The smallest absolute Gasteiger partial charge is 0.183 e. The molecule has 0 radical (unpaired) electrons. The summed E-state index contributed by atoms with van der Waals surface area (Å²) in [4.78, 5) is 4.33. The Labute approximate surface area is 119 Å². The maximum absolute atomic E-state index is 5.48. The Morgan fingerprint density at radius 1 is 1.33 bits per heavy atom. The first-order valence-electron chi connectivity index (χ1n) is 5.60. The van der Waals surface area contributed by atoms with Crippen LogP contribution in [-0.2, 0) is 9.47 Å². The van der Waals surface area contributed by atoms with E-state index in [-0.39, 0.29) is 6.29 Å². The fourth-order valence-electron chi connectivity index (χ4n) is 1.62. The lowest BCUT2D eigenvalue weighted by Gasteiger charge is -2.15. The topological polar surface area (TPSA) is 31.4 Å². The zero-order valence-corrected chi connectivity index (χ0v) is 12.6. The normalized spacial score (nSPS) is 12.6. The van der Waals surface area contributed by atoms with Gasteiger partial charge in [0.2, 0.25) is 0 Å². The van der Waals surface area contributed by atoms with Gasteiger partial charge in [-0.05, 0) is 22.9 Å². The molecule has 0 saturated heterocycles. The summed E-state index contributed by atoms with van der Waals surface area (Å²) in [6, 6.07) is 8.08. The molecular weight excluding hydrogens is 314 g/mol. The summed E-state index contributed by atoms with van der Waals surface area (Å²) in [6.45, 7) is 2.58. The lowest BCUT2D eigenvalue weighted by molar-refractivity contribution is -0.124. The van der Waals surface area contributed by atoms with Crippen molar-refractivity contribution in [1.29, 1.82) is 0 Å². The molecule has 5 heteroatoms. The van der Waals surface area contributed by atoms with Gasteiger partial charge in [-0.15, -0.1) is 11.3 Å². The SMILES string of the molecule is CCOC(OC)c1ccc(-c2ncc(Br)s2)cc1. The van der Waals surface area contributed by atoms with Crippen LogP contribution in [0.3, 0.4) is 0 Å². The van der Waals surface area contributed by atoms with Crippen LogP contribution in [0.2, 0.25) is 0 Å². The molecule has 0 fully saturated rings. The Balaban J connectivity index is 2.19. The number of nitrogens with zero attached hydrogens (tertiary/aromatic N) is 1. The van der Waals surface area contributed by atoms with Crippen molar-refractivity contribution >= 4 is 27.3 Å². The average Bonchev–Trinajstić information content (AvgIpc) is 2.83. The number of aromatic nitrogens is 1. The minimum atomic E-state index is -0.299. The molecule has 1 unspecified atom stereocenters. The highest BCUT2D eigenvalue weighted by atomic mass is 79.9. The van der Waals surface area contributed by atoms with Gasteiger partial charge in [-0.3, -0.25) is 0 Å². The van der Waals surface area contributed by atoms with Gasteiger partial charge in [0.1, 0.15) is 5.01 Å². The molecule has 2 rings (SSSR count). The molecule has 0 amide bonds. The number of hydrogen-bond donors (Lipinski definition) is 0. The largest absolute Gasteiger partial charge is 0.352 e. The zero-order valence-electron chi connectivity index (χ0n) is 10.2. The summed E-state index contributed by atoms with van der Waals surface area (Å²) in [5.74, 6) is 0. The van der Waals surface area contributed by atoms with E-state index in [1.807, 2.05) is 37.4 Å². The van der Waals surface area contributed by atoms with E-state index in [4.69, 9.17) is 9.47 Å². The van der Waals surface area contributed by atoms with Crippen molar-refractivity contribution in [3.63, 3.8) is 0 Å². The van der Waals surface area contributed by atoms with Crippen LogP contribution in [0.15, 0.2) is 34.2 Å². The summed E-state index contributed by atoms with van der Waals surface area (Å²) in [5, 5.41) is 0.999. The molecule has 3 nitrogen and oxygen atoms in total. The zero-order chi connectivity index (χ0) is 13.0. The highest BCUT2D eigenvalue weighted by Gasteiger charge is 2.10. The highest BCUT2D eigenvalue weighted by Crippen LogP contribution is 2.29. The lowest BCUT2D eigenvalue weighted by atomic mass is 10.1. The van der Waals surface area contributed by atoms with E-state index in [0.29, 0.717) is 6.61 Å². The van der Waals surface area contributed by atoms with Crippen molar-refractivity contribution < 1.29 is 9.47 Å². The van der Waals surface area contributed by atoms with Crippen LogP contribution < -0.4 is 0 Å². The van der Waals surface area contributed by atoms with Gasteiger partial charge in [0.25, 0.3) is 0 Å². The molecule has 18 heavy (non-hydrogen) atoms. The molecule has 0 N–H and O–H groups in total. The van der Waals surface area contributed by atoms with Gasteiger partial charge in [0, 0.05) is 24.8 Å². The van der Waals surface area contributed by atoms with Gasteiger partial charge >= 0.3 is 0 Å². The van der Waals surface area contributed by atoms with Crippen molar-refractivity contribution in [3.05, 3.63) is 39.8 Å². The Morgan fingerprint density at radius 2 is 2.06 bits per heavy atom. The summed E-state index contributed by atoms with van der Waals surface area (Å²) < 4.78 is 11.8. The van der Waals surface area contributed by atoms with Crippen LogP contribution in [0, 0.1) is 0 Å². The molecule has 1 aromatic carbocycles. The number of halogens is 1. The molecule has 0 aliphatic rings. The van der Waals surface area contributed by atoms with Crippen LogP contribution in [0.5, 0.6) is 0 Å². The van der Waals surface area contributed by atoms with E-state index < -0.39 is 0 Å². The summed E-state index contributed by atoms with van der Waals surface area (Å²) >= 11 is 5.03. The third-order valence-electron chi connectivity index (χ3n) is 2.44. The van der Waals surface area contributed by atoms with Gasteiger partial charge in [0.15, 0.2) is 6.29 Å². The van der Waals surface area contributed by atoms with E-state index >= 15 is 0 Å². The molecule has 2 aromatic rings. The molecule has 1 heterocycles. The fraction of sp³-hybridized carbons (Fsp3) is 0.308. The second kappa shape index (κ2) is 6.43. The lowest BCUT2D eigenvalue weighted by Crippen LogP contribution is -2.06. The van der Waals surface area contributed by atoms with E-state index in [9.17, 15) is 0 Å². The van der Waals surface area contributed by atoms with E-state index in [0.717, 1.165) is 19.9 Å². The first kappa shape index (κ1) is 13.7. The monoisotopic (exact) mass is 327 g/mol. The number of benzene rings is 1. The van der Waals surface area contributed by atoms with Crippen molar-refractivity contribution in [2.24, 2.45) is 0 Å². The molecule has 1 aromatic heterocycles. The van der Waals surface area contributed by atoms with Crippen LogP contribution >= 0.6 is 27.3 Å². The van der Waals surface area contributed by atoms with Gasteiger partial charge in [0.05, 0.1) is 9.98 Å². The molecular formula is C13H14BrNO2S. The molecule has 96 valence electrons. The van der Waals surface area contributed by atoms with Crippen molar-refractivity contribution in [2.75, 3.05) is 13.7 Å². The standard InChI is InChI=1S/C13H14BrNO2S/c1-3-17-13(16-2)10-6-4-9(5-7-10)12-15-8-11(14)18-12/h4-8,13H,3H2,1-2H3. The third kappa shape index (κ3) is 3.17. The van der Waals surface area contributed by atoms with Crippen molar-refractivity contribution in [3.8, 4) is 10.6 Å². The Bertz CT molecular complexity index is 498. The number of hydrogen-bond acceptors (Lipinski definition) is 4. The quantitative estimate of drug-likeness (QED) is 0.769.